The molecule has 0 unspecified atom stereocenters. The maximum Gasteiger partial charge on any atom is 0.0877 e. The summed E-state index contributed by atoms with van der Waals surface area (Å²) in [6.45, 7) is 0. The highest BCUT2D eigenvalue weighted by molar-refractivity contribution is 5.81. The first-order chi connectivity index (χ1) is 8.43. The minimum absolute atomic E-state index is 1.05. The second kappa shape index (κ2) is 4.50. The van der Waals surface area contributed by atoms with Crippen LogP contribution in [0.4, 0.5) is 0 Å². The summed E-state index contributed by atoms with van der Waals surface area (Å²) in [7, 11) is 0. The largest absolute Gasteiger partial charge is 0.257 e. The Morgan fingerprint density at radius 3 is 2.65 bits per heavy atom. The van der Waals surface area contributed by atoms with Gasteiger partial charge in [0.05, 0.1) is 11.4 Å². The van der Waals surface area contributed by atoms with Crippen LogP contribution in [-0.4, -0.2) is 9.97 Å². The quantitative estimate of drug-likeness (QED) is 0.739. The molecule has 1 heterocycles. The number of hydrogen-bond donors (Lipinski definition) is 0. The molecule has 2 nitrogen and oxygen atoms in total. The van der Waals surface area contributed by atoms with Gasteiger partial charge < -0.3 is 0 Å². The molecule has 0 spiro atoms. The van der Waals surface area contributed by atoms with Crippen molar-refractivity contribution < 1.29 is 0 Å². The van der Waals surface area contributed by atoms with E-state index < -0.39 is 0 Å². The molecular formula is C15H14N2. The Bertz CT molecular complexity index is 544. The molecule has 0 saturated heterocycles. The third-order valence-electron chi connectivity index (χ3n) is 3.08. The molecule has 1 aliphatic rings. The summed E-state index contributed by atoms with van der Waals surface area (Å²) in [5.74, 6) is 0. The van der Waals surface area contributed by atoms with Crippen molar-refractivity contribution in [3.63, 3.8) is 0 Å². The summed E-state index contributed by atoms with van der Waals surface area (Å²) in [6.07, 6.45) is 9.11. The summed E-state index contributed by atoms with van der Waals surface area (Å²) in [5, 5.41) is 0. The highest BCUT2D eigenvalue weighted by Crippen LogP contribution is 2.29. The van der Waals surface area contributed by atoms with E-state index in [2.05, 4.69) is 40.3 Å². The van der Waals surface area contributed by atoms with Crippen molar-refractivity contribution in [2.45, 2.75) is 19.3 Å². The molecule has 0 saturated carbocycles. The number of allylic oxidation sites excluding steroid dienone is 1. The first kappa shape index (κ1) is 10.2. The average molecular weight is 222 g/mol. The fraction of sp³-hybridized carbons (Fsp3) is 0.200. The lowest BCUT2D eigenvalue weighted by Gasteiger charge is -2.16. The summed E-state index contributed by atoms with van der Waals surface area (Å²) < 4.78 is 0. The molecule has 1 aromatic heterocycles. The Hall–Kier alpha value is -1.96. The highest BCUT2D eigenvalue weighted by Gasteiger charge is 2.15. The lowest BCUT2D eigenvalue weighted by Crippen LogP contribution is -2.06. The second-order valence-corrected chi connectivity index (χ2v) is 4.29. The molecule has 0 fully saturated rings. The van der Waals surface area contributed by atoms with E-state index in [1.165, 1.54) is 17.6 Å². The molecule has 2 heteroatoms. The minimum Gasteiger partial charge on any atom is -0.257 e. The number of nitrogens with zero attached hydrogens (tertiary/aromatic N) is 2. The lowest BCUT2D eigenvalue weighted by molar-refractivity contribution is 0.779. The first-order valence-corrected chi connectivity index (χ1v) is 5.99. The smallest absolute Gasteiger partial charge is 0.0877 e. The van der Waals surface area contributed by atoms with E-state index in [-0.39, 0.29) is 0 Å². The molecule has 0 aliphatic heterocycles. The molecule has 1 aromatic carbocycles. The predicted molar refractivity (Wildman–Crippen MR) is 69.3 cm³/mol. The molecule has 0 amide bonds. The van der Waals surface area contributed by atoms with Crippen LogP contribution in [-0.2, 0) is 6.42 Å². The summed E-state index contributed by atoms with van der Waals surface area (Å²) >= 11 is 0. The molecule has 2 aromatic rings. The van der Waals surface area contributed by atoms with Gasteiger partial charge in [-0.1, -0.05) is 30.3 Å². The Kier molecular flexibility index (Phi) is 2.70. The Morgan fingerprint density at radius 2 is 1.76 bits per heavy atom. The van der Waals surface area contributed by atoms with E-state index in [0.717, 1.165) is 24.2 Å². The second-order valence-electron chi connectivity index (χ2n) is 4.29. The zero-order valence-electron chi connectivity index (χ0n) is 9.63. The number of benzene rings is 1. The van der Waals surface area contributed by atoms with Crippen LogP contribution in [0.15, 0.2) is 42.7 Å². The standard InChI is InChI=1S/C15H14N2/c1-2-5-12(6-3-1)11-13-7-4-8-14-15(13)17-10-9-16-14/h1-3,5-6,9-11H,4,7-8H2. The van der Waals surface area contributed by atoms with Crippen LogP contribution in [0.25, 0.3) is 11.6 Å². The summed E-state index contributed by atoms with van der Waals surface area (Å²) in [6, 6.07) is 10.4. The van der Waals surface area contributed by atoms with Crippen molar-refractivity contribution in [3.8, 4) is 0 Å². The molecule has 1 aliphatic carbocycles. The maximum atomic E-state index is 4.47. The van der Waals surface area contributed by atoms with Crippen molar-refractivity contribution >= 4 is 11.6 Å². The van der Waals surface area contributed by atoms with Crippen LogP contribution in [0.3, 0.4) is 0 Å². The van der Waals surface area contributed by atoms with E-state index in [9.17, 15) is 0 Å². The topological polar surface area (TPSA) is 25.8 Å². The van der Waals surface area contributed by atoms with Crippen molar-refractivity contribution in [3.05, 3.63) is 59.7 Å². The van der Waals surface area contributed by atoms with Gasteiger partial charge in [0, 0.05) is 12.4 Å². The van der Waals surface area contributed by atoms with E-state index in [1.807, 2.05) is 6.07 Å². The lowest BCUT2D eigenvalue weighted by atomic mass is 9.93. The fourth-order valence-electron chi connectivity index (χ4n) is 2.27. The first-order valence-electron chi connectivity index (χ1n) is 5.99. The van der Waals surface area contributed by atoms with Crippen LogP contribution >= 0.6 is 0 Å². The Labute approximate surface area is 101 Å². The molecule has 17 heavy (non-hydrogen) atoms. The van der Waals surface area contributed by atoms with Gasteiger partial charge in [-0.2, -0.15) is 0 Å². The minimum atomic E-state index is 1.05. The SMILES string of the molecule is C(=C1CCCc2nccnc21)c1ccccc1. The number of hydrogen-bond acceptors (Lipinski definition) is 2. The van der Waals surface area contributed by atoms with Gasteiger partial charge in [0.15, 0.2) is 0 Å². The summed E-state index contributed by atoms with van der Waals surface area (Å²) in [4.78, 5) is 8.87. The number of rotatable bonds is 1. The number of aromatic nitrogens is 2. The van der Waals surface area contributed by atoms with Crippen LogP contribution in [0.1, 0.15) is 29.8 Å². The zero-order valence-corrected chi connectivity index (χ0v) is 9.63. The highest BCUT2D eigenvalue weighted by atomic mass is 14.8. The normalized spacial score (nSPS) is 16.8. The van der Waals surface area contributed by atoms with Gasteiger partial charge in [-0.05, 0) is 36.5 Å². The van der Waals surface area contributed by atoms with Crippen molar-refractivity contribution in [1.82, 2.24) is 9.97 Å². The molecule has 0 bridgehead atoms. The van der Waals surface area contributed by atoms with Gasteiger partial charge in [0.1, 0.15) is 0 Å². The van der Waals surface area contributed by atoms with E-state index >= 15 is 0 Å². The van der Waals surface area contributed by atoms with E-state index in [1.54, 1.807) is 12.4 Å². The van der Waals surface area contributed by atoms with Gasteiger partial charge in [-0.25, -0.2) is 0 Å². The fourth-order valence-corrected chi connectivity index (χ4v) is 2.27. The van der Waals surface area contributed by atoms with Gasteiger partial charge in [-0.15, -0.1) is 0 Å². The third-order valence-corrected chi connectivity index (χ3v) is 3.08. The van der Waals surface area contributed by atoms with Crippen molar-refractivity contribution in [2.24, 2.45) is 0 Å². The Morgan fingerprint density at radius 1 is 0.941 bits per heavy atom. The van der Waals surface area contributed by atoms with Crippen LogP contribution < -0.4 is 0 Å². The molecule has 0 atom stereocenters. The summed E-state index contributed by atoms with van der Waals surface area (Å²) in [5.41, 5.74) is 4.77. The molecule has 3 rings (SSSR count). The van der Waals surface area contributed by atoms with Crippen LogP contribution in [0, 0.1) is 0 Å². The average Bonchev–Trinajstić information content (AvgIpc) is 2.40. The van der Waals surface area contributed by atoms with Crippen LogP contribution in [0.2, 0.25) is 0 Å². The van der Waals surface area contributed by atoms with Gasteiger partial charge >= 0.3 is 0 Å². The van der Waals surface area contributed by atoms with Gasteiger partial charge in [-0.3, -0.25) is 9.97 Å². The number of aryl methyl sites for hydroxylation is 1. The molecule has 0 N–H and O–H groups in total. The zero-order chi connectivity index (χ0) is 11.5. The van der Waals surface area contributed by atoms with Gasteiger partial charge in [0.25, 0.3) is 0 Å². The Balaban J connectivity index is 2.03. The molecule has 84 valence electrons. The van der Waals surface area contributed by atoms with Gasteiger partial charge in [0.2, 0.25) is 0 Å². The molecular weight excluding hydrogens is 208 g/mol. The maximum absolute atomic E-state index is 4.47. The van der Waals surface area contributed by atoms with Crippen molar-refractivity contribution in [2.75, 3.05) is 0 Å². The van der Waals surface area contributed by atoms with Crippen LogP contribution in [0.5, 0.6) is 0 Å². The predicted octanol–water partition coefficient (Wildman–Crippen LogP) is 3.35. The monoisotopic (exact) mass is 222 g/mol. The third kappa shape index (κ3) is 2.11. The van der Waals surface area contributed by atoms with E-state index in [4.69, 9.17) is 0 Å². The number of fused-ring (bicyclic) bond motifs is 1. The van der Waals surface area contributed by atoms with E-state index in [0.29, 0.717) is 0 Å². The molecule has 0 radical (unpaired) electrons. The van der Waals surface area contributed by atoms with Crippen molar-refractivity contribution in [1.29, 1.82) is 0 Å².